The van der Waals surface area contributed by atoms with Gasteiger partial charge < -0.3 is 52.1 Å². The Morgan fingerprint density at radius 2 is 1.21 bits per heavy atom. The zero-order chi connectivity index (χ0) is 48.4. The highest BCUT2D eigenvalue weighted by atomic mass is 16.7. The Balaban J connectivity index is 1.48. The number of ether oxygens (including phenoxy) is 11. The van der Waals surface area contributed by atoms with Crippen LogP contribution in [0.1, 0.15) is 106 Å². The van der Waals surface area contributed by atoms with E-state index >= 15 is 0 Å². The van der Waals surface area contributed by atoms with E-state index in [0.717, 1.165) is 28.0 Å². The maximum Gasteiger partial charge on any atom is 0.193 e. The van der Waals surface area contributed by atoms with Gasteiger partial charge in [-0.15, -0.1) is 0 Å². The number of benzene rings is 5. The van der Waals surface area contributed by atoms with E-state index in [2.05, 4.69) is 6.58 Å². The van der Waals surface area contributed by atoms with E-state index in [4.69, 9.17) is 52.1 Å². The molecular weight excluding hydrogens is 853 g/mol. The summed E-state index contributed by atoms with van der Waals surface area (Å²) in [5, 5.41) is 0. The standard InChI is InChI=1S/C55H64O12/c1-13-55(8,9)67-49-30-41(61-33-57-10)29-48(63-35-59-12)51(49)45(56)24-21-38-27-44-47(31-46(38)62-34-58-11)64-52(37-19-22-40(23-20-37)60-32-36-17-15-14-16-18-36)50(44)39-25-42(65-53(2,3)4)28-43(26-39)66-54(5,6)7/h13-31,50,52H,1,32-35H2,2-12H3/b24-21+/t50-,52-/m1/s1. The number of carbonyl (C=O) groups is 1. The molecule has 0 aliphatic carbocycles. The third-order valence-corrected chi connectivity index (χ3v) is 10.2. The van der Waals surface area contributed by atoms with E-state index in [1.807, 2.05) is 140 Å². The van der Waals surface area contributed by atoms with Gasteiger partial charge >= 0.3 is 0 Å². The molecule has 0 saturated heterocycles. The molecule has 1 heterocycles. The van der Waals surface area contributed by atoms with Gasteiger partial charge in [0.1, 0.15) is 81.1 Å². The van der Waals surface area contributed by atoms with Gasteiger partial charge in [0.25, 0.3) is 0 Å². The molecule has 0 fully saturated rings. The average Bonchev–Trinajstić information content (AvgIpc) is 3.65. The summed E-state index contributed by atoms with van der Waals surface area (Å²) >= 11 is 0. The lowest BCUT2D eigenvalue weighted by Gasteiger charge is -2.27. The molecule has 2 atom stereocenters. The fraction of sp³-hybridized carbons (Fsp3) is 0.364. The van der Waals surface area contributed by atoms with Crippen LogP contribution >= 0.6 is 0 Å². The Labute approximate surface area is 395 Å². The van der Waals surface area contributed by atoms with Gasteiger partial charge in [-0.2, -0.15) is 0 Å². The minimum atomic E-state index is -0.869. The molecule has 0 N–H and O–H groups in total. The molecule has 356 valence electrons. The Morgan fingerprint density at radius 1 is 0.612 bits per heavy atom. The lowest BCUT2D eigenvalue weighted by Crippen LogP contribution is -2.26. The van der Waals surface area contributed by atoms with Crippen LogP contribution in [-0.4, -0.2) is 64.3 Å². The van der Waals surface area contributed by atoms with Gasteiger partial charge in [0.05, 0.1) is 5.92 Å². The molecule has 6 rings (SSSR count). The number of ketones is 1. The molecule has 5 aromatic rings. The molecule has 12 heteroatoms. The first-order valence-corrected chi connectivity index (χ1v) is 22.1. The van der Waals surface area contributed by atoms with Crippen molar-refractivity contribution < 1.29 is 56.9 Å². The number of methoxy groups -OCH3 is 3. The van der Waals surface area contributed by atoms with E-state index in [-0.39, 0.29) is 43.4 Å². The highest BCUT2D eigenvalue weighted by Gasteiger charge is 2.39. The molecule has 1 aliphatic rings. The highest BCUT2D eigenvalue weighted by molar-refractivity contribution is 6.11. The van der Waals surface area contributed by atoms with Gasteiger partial charge in [-0.25, -0.2) is 0 Å². The lowest BCUT2D eigenvalue weighted by atomic mass is 9.84. The van der Waals surface area contributed by atoms with Crippen molar-refractivity contribution in [1.29, 1.82) is 0 Å². The van der Waals surface area contributed by atoms with Crippen LogP contribution in [0.25, 0.3) is 6.08 Å². The molecule has 0 aromatic heterocycles. The molecule has 67 heavy (non-hydrogen) atoms. The van der Waals surface area contributed by atoms with Crippen molar-refractivity contribution >= 4 is 11.9 Å². The maximum atomic E-state index is 14.6. The molecule has 0 unspecified atom stereocenters. The second-order valence-electron chi connectivity index (χ2n) is 18.5. The van der Waals surface area contributed by atoms with E-state index in [0.29, 0.717) is 40.9 Å². The van der Waals surface area contributed by atoms with Crippen molar-refractivity contribution in [2.75, 3.05) is 41.7 Å². The predicted octanol–water partition coefficient (Wildman–Crippen LogP) is 12.1. The van der Waals surface area contributed by atoms with Crippen molar-refractivity contribution in [3.05, 3.63) is 149 Å². The monoisotopic (exact) mass is 916 g/mol. The first-order chi connectivity index (χ1) is 31.9. The highest BCUT2D eigenvalue weighted by Crippen LogP contribution is 2.53. The molecule has 5 aromatic carbocycles. The molecule has 12 nitrogen and oxygen atoms in total. The zero-order valence-corrected chi connectivity index (χ0v) is 40.6. The van der Waals surface area contributed by atoms with Gasteiger partial charge in [-0.3, -0.25) is 4.79 Å². The third-order valence-electron chi connectivity index (χ3n) is 10.2. The number of allylic oxidation sites excluding steroid dienone is 1. The van der Waals surface area contributed by atoms with Crippen LogP contribution in [0.4, 0.5) is 0 Å². The SMILES string of the molecule is C=CC(C)(C)Oc1cc(OCOC)cc(OCOC)c1C(=O)/C=C/c1cc2c(cc1OCOC)O[C@H](c1ccc(OCc3ccccc3)cc1)[C@@H]2c1cc(OC(C)(C)C)cc(OC(C)(C)C)c1. The maximum absolute atomic E-state index is 14.6. The fourth-order valence-electron chi connectivity index (χ4n) is 7.30. The second kappa shape index (κ2) is 21.9. The summed E-state index contributed by atoms with van der Waals surface area (Å²) in [6, 6.07) is 31.0. The lowest BCUT2D eigenvalue weighted by molar-refractivity contribution is 0.0447. The minimum absolute atomic E-state index is 0.0390. The third kappa shape index (κ3) is 13.8. The Bertz CT molecular complexity index is 2440. The van der Waals surface area contributed by atoms with Crippen LogP contribution in [0.15, 0.2) is 116 Å². The average molecular weight is 917 g/mol. The molecule has 0 spiro atoms. The molecule has 0 amide bonds. The summed E-state index contributed by atoms with van der Waals surface area (Å²) < 4.78 is 66.1. The van der Waals surface area contributed by atoms with Gasteiger partial charge in [0.2, 0.25) is 0 Å². The molecule has 0 bridgehead atoms. The summed E-state index contributed by atoms with van der Waals surface area (Å²) in [6.07, 6.45) is 4.28. The summed E-state index contributed by atoms with van der Waals surface area (Å²) in [7, 11) is 4.55. The van der Waals surface area contributed by atoms with Gasteiger partial charge in [-0.1, -0.05) is 49.0 Å². The Hall–Kier alpha value is -6.47. The van der Waals surface area contributed by atoms with Crippen LogP contribution in [-0.2, 0) is 20.8 Å². The van der Waals surface area contributed by atoms with Crippen molar-refractivity contribution in [1.82, 2.24) is 0 Å². The van der Waals surface area contributed by atoms with Crippen molar-refractivity contribution in [2.24, 2.45) is 0 Å². The number of hydrogen-bond donors (Lipinski definition) is 0. The summed E-state index contributed by atoms with van der Waals surface area (Å²) in [4.78, 5) is 14.6. The number of hydrogen-bond acceptors (Lipinski definition) is 12. The van der Waals surface area contributed by atoms with Gasteiger partial charge in [0.15, 0.2) is 26.2 Å². The minimum Gasteiger partial charge on any atom is -0.489 e. The van der Waals surface area contributed by atoms with Crippen LogP contribution in [0.3, 0.4) is 0 Å². The topological polar surface area (TPSA) is 119 Å². The number of fused-ring (bicyclic) bond motifs is 1. The van der Waals surface area contributed by atoms with Crippen LogP contribution in [0.2, 0.25) is 0 Å². The smallest absolute Gasteiger partial charge is 0.193 e. The summed E-state index contributed by atoms with van der Waals surface area (Å²) in [5.74, 6) is 3.00. The van der Waals surface area contributed by atoms with Gasteiger partial charge in [-0.05, 0) is 121 Å². The molecule has 1 aliphatic heterocycles. The van der Waals surface area contributed by atoms with E-state index in [1.54, 1.807) is 31.4 Å². The molecule has 0 radical (unpaired) electrons. The largest absolute Gasteiger partial charge is 0.489 e. The number of carbonyl (C=O) groups excluding carboxylic acids is 1. The first kappa shape index (κ1) is 50.0. The van der Waals surface area contributed by atoms with Crippen LogP contribution in [0.5, 0.6) is 46.0 Å². The van der Waals surface area contributed by atoms with Crippen molar-refractivity contribution in [3.8, 4) is 46.0 Å². The second-order valence-corrected chi connectivity index (χ2v) is 18.5. The van der Waals surface area contributed by atoms with Crippen LogP contribution in [0, 0.1) is 0 Å². The molecular formula is C55H64O12. The van der Waals surface area contributed by atoms with Crippen molar-refractivity contribution in [3.63, 3.8) is 0 Å². The predicted molar refractivity (Wildman–Crippen MR) is 258 cm³/mol. The Kier molecular flexibility index (Phi) is 16.3. The Morgan fingerprint density at radius 3 is 1.81 bits per heavy atom. The quantitative estimate of drug-likeness (QED) is 0.0285. The normalized spacial score (nSPS) is 14.8. The van der Waals surface area contributed by atoms with E-state index in [1.165, 1.54) is 20.3 Å². The van der Waals surface area contributed by atoms with E-state index in [9.17, 15) is 4.79 Å². The fourth-order valence-corrected chi connectivity index (χ4v) is 7.30. The number of rotatable bonds is 22. The van der Waals surface area contributed by atoms with Crippen LogP contribution < -0.4 is 37.9 Å². The first-order valence-electron chi connectivity index (χ1n) is 22.1. The summed E-state index contributed by atoms with van der Waals surface area (Å²) in [5.41, 5.74) is 2.61. The summed E-state index contributed by atoms with van der Waals surface area (Å²) in [6.45, 7) is 19.8. The zero-order valence-electron chi connectivity index (χ0n) is 40.6. The molecule has 0 saturated carbocycles. The van der Waals surface area contributed by atoms with E-state index < -0.39 is 28.7 Å². The van der Waals surface area contributed by atoms with Gasteiger partial charge in [0, 0.05) is 56.7 Å². The van der Waals surface area contributed by atoms with Crippen molar-refractivity contribution in [2.45, 2.75) is 90.8 Å².